The largest absolute Gasteiger partial charge is 0.374 e. The van der Waals surface area contributed by atoms with Gasteiger partial charge in [-0.15, -0.1) is 0 Å². The summed E-state index contributed by atoms with van der Waals surface area (Å²) in [7, 11) is 2.05. The van der Waals surface area contributed by atoms with Crippen LogP contribution in [0.5, 0.6) is 0 Å². The molecule has 2 N–H and O–H groups in total. The number of amides is 1. The van der Waals surface area contributed by atoms with Gasteiger partial charge in [0.25, 0.3) is 0 Å². The molecule has 6 heteroatoms. The fourth-order valence-electron chi connectivity index (χ4n) is 2.73. The lowest BCUT2D eigenvalue weighted by Crippen LogP contribution is -2.47. The minimum Gasteiger partial charge on any atom is -0.374 e. The second-order valence-electron chi connectivity index (χ2n) is 5.97. The monoisotopic (exact) mass is 309 g/mol. The molecule has 0 aliphatic carbocycles. The van der Waals surface area contributed by atoms with Crippen LogP contribution in [-0.2, 0) is 16.1 Å². The van der Waals surface area contributed by atoms with Crippen LogP contribution in [0, 0.1) is 12.7 Å². The zero-order valence-electron chi connectivity index (χ0n) is 13.2. The molecule has 2 rings (SSSR count). The standard InChI is InChI=1S/C16H24FN3O2/c1-12-7-13(3-4-15(12)17)8-20(11-16(18)21)10-14-9-19(2)5-6-22-14/h3-4,7,14H,5-6,8-11H2,1-2H3,(H2,18,21)/t14-/m0/s1. The van der Waals surface area contributed by atoms with Crippen LogP contribution in [0.25, 0.3) is 0 Å². The Morgan fingerprint density at radius 3 is 2.95 bits per heavy atom. The lowest BCUT2D eigenvalue weighted by atomic mass is 10.1. The van der Waals surface area contributed by atoms with E-state index in [4.69, 9.17) is 10.5 Å². The minimum absolute atomic E-state index is 0.0552. The number of nitrogens with zero attached hydrogens (tertiary/aromatic N) is 2. The van der Waals surface area contributed by atoms with Crippen LogP contribution in [0.3, 0.4) is 0 Å². The maximum atomic E-state index is 13.3. The number of carbonyl (C=O) groups is 1. The molecule has 0 saturated carbocycles. The van der Waals surface area contributed by atoms with E-state index in [1.807, 2.05) is 4.90 Å². The molecule has 1 aromatic rings. The second-order valence-corrected chi connectivity index (χ2v) is 5.97. The van der Waals surface area contributed by atoms with E-state index in [0.29, 0.717) is 25.3 Å². The van der Waals surface area contributed by atoms with Crippen molar-refractivity contribution in [1.29, 1.82) is 0 Å². The molecule has 1 aromatic carbocycles. The maximum absolute atomic E-state index is 13.3. The molecule has 1 aliphatic heterocycles. The molecule has 0 aromatic heterocycles. The lowest BCUT2D eigenvalue weighted by molar-refractivity contribution is -0.120. The Hall–Kier alpha value is -1.50. The van der Waals surface area contributed by atoms with Gasteiger partial charge in [0.05, 0.1) is 19.3 Å². The van der Waals surface area contributed by atoms with Crippen LogP contribution < -0.4 is 5.73 Å². The second kappa shape index (κ2) is 7.67. The average molecular weight is 309 g/mol. The van der Waals surface area contributed by atoms with Crippen LogP contribution in [0.2, 0.25) is 0 Å². The number of carbonyl (C=O) groups excluding carboxylic acids is 1. The number of primary amides is 1. The van der Waals surface area contributed by atoms with Crippen LogP contribution in [0.1, 0.15) is 11.1 Å². The van der Waals surface area contributed by atoms with Gasteiger partial charge in [-0.1, -0.05) is 12.1 Å². The van der Waals surface area contributed by atoms with Gasteiger partial charge in [-0.3, -0.25) is 9.69 Å². The SMILES string of the molecule is Cc1cc(CN(CC(N)=O)C[C@@H]2CN(C)CCO2)ccc1F. The molecule has 0 radical (unpaired) electrons. The Kier molecular flexibility index (Phi) is 5.88. The summed E-state index contributed by atoms with van der Waals surface area (Å²) in [5.41, 5.74) is 6.91. The quantitative estimate of drug-likeness (QED) is 0.842. The summed E-state index contributed by atoms with van der Waals surface area (Å²) < 4.78 is 19.1. The van der Waals surface area contributed by atoms with Crippen molar-refractivity contribution in [2.24, 2.45) is 5.73 Å². The highest BCUT2D eigenvalue weighted by Gasteiger charge is 2.21. The van der Waals surface area contributed by atoms with Crippen LogP contribution in [-0.4, -0.2) is 61.6 Å². The highest BCUT2D eigenvalue weighted by Crippen LogP contribution is 2.13. The molecule has 0 unspecified atom stereocenters. The number of hydrogen-bond acceptors (Lipinski definition) is 4. The molecule has 5 nitrogen and oxygen atoms in total. The third-order valence-corrected chi connectivity index (χ3v) is 3.81. The first kappa shape index (κ1) is 16.9. The Balaban J connectivity index is 2.01. The number of ether oxygens (including phenoxy) is 1. The first-order valence-corrected chi connectivity index (χ1v) is 7.50. The summed E-state index contributed by atoms with van der Waals surface area (Å²) in [4.78, 5) is 15.5. The van der Waals surface area contributed by atoms with Crippen LogP contribution in [0.15, 0.2) is 18.2 Å². The number of likely N-dealkylation sites (N-methyl/N-ethyl adjacent to an activating group) is 1. The van der Waals surface area contributed by atoms with E-state index in [1.54, 1.807) is 19.1 Å². The van der Waals surface area contributed by atoms with Gasteiger partial charge >= 0.3 is 0 Å². The highest BCUT2D eigenvalue weighted by atomic mass is 19.1. The summed E-state index contributed by atoms with van der Waals surface area (Å²) in [6, 6.07) is 5.00. The maximum Gasteiger partial charge on any atom is 0.231 e. The molecule has 0 bridgehead atoms. The predicted octanol–water partition coefficient (Wildman–Crippen LogP) is 0.752. The van der Waals surface area contributed by atoms with Crippen molar-refractivity contribution < 1.29 is 13.9 Å². The van der Waals surface area contributed by atoms with E-state index in [2.05, 4.69) is 11.9 Å². The number of benzene rings is 1. The molecule has 1 atom stereocenters. The van der Waals surface area contributed by atoms with Gasteiger partial charge in [0.2, 0.25) is 5.91 Å². The fourth-order valence-corrected chi connectivity index (χ4v) is 2.73. The molecule has 0 spiro atoms. The van der Waals surface area contributed by atoms with Crippen LogP contribution in [0.4, 0.5) is 4.39 Å². The molecule has 1 saturated heterocycles. The average Bonchev–Trinajstić information content (AvgIpc) is 2.42. The normalized spacial score (nSPS) is 19.5. The van der Waals surface area contributed by atoms with E-state index >= 15 is 0 Å². The molecule has 1 fully saturated rings. The van der Waals surface area contributed by atoms with Crippen molar-refractivity contribution >= 4 is 5.91 Å². The third kappa shape index (κ3) is 5.05. The van der Waals surface area contributed by atoms with E-state index in [0.717, 1.165) is 18.7 Å². The summed E-state index contributed by atoms with van der Waals surface area (Å²) >= 11 is 0. The van der Waals surface area contributed by atoms with Crippen molar-refractivity contribution in [2.75, 3.05) is 39.8 Å². The number of nitrogens with two attached hydrogens (primary N) is 1. The zero-order chi connectivity index (χ0) is 16.1. The van der Waals surface area contributed by atoms with E-state index in [9.17, 15) is 9.18 Å². The van der Waals surface area contributed by atoms with Gasteiger partial charge in [-0.25, -0.2) is 4.39 Å². The fraction of sp³-hybridized carbons (Fsp3) is 0.562. The lowest BCUT2D eigenvalue weighted by Gasteiger charge is -2.33. The molecule has 22 heavy (non-hydrogen) atoms. The Morgan fingerprint density at radius 1 is 1.55 bits per heavy atom. The van der Waals surface area contributed by atoms with Gasteiger partial charge in [-0.2, -0.15) is 0 Å². The number of halogens is 1. The molecule has 1 aliphatic rings. The number of rotatable bonds is 6. The van der Waals surface area contributed by atoms with Crippen molar-refractivity contribution in [1.82, 2.24) is 9.80 Å². The topological polar surface area (TPSA) is 58.8 Å². The van der Waals surface area contributed by atoms with Crippen LogP contribution >= 0.6 is 0 Å². The Morgan fingerprint density at radius 2 is 2.32 bits per heavy atom. The third-order valence-electron chi connectivity index (χ3n) is 3.81. The van der Waals surface area contributed by atoms with E-state index in [1.165, 1.54) is 6.07 Å². The molecular weight excluding hydrogens is 285 g/mol. The number of hydrogen-bond donors (Lipinski definition) is 1. The summed E-state index contributed by atoms with van der Waals surface area (Å²) in [6.07, 6.45) is 0.0552. The molecule has 122 valence electrons. The number of morpholine rings is 1. The van der Waals surface area contributed by atoms with Gasteiger partial charge in [0, 0.05) is 26.2 Å². The number of aryl methyl sites for hydroxylation is 1. The van der Waals surface area contributed by atoms with E-state index < -0.39 is 0 Å². The van der Waals surface area contributed by atoms with Gasteiger partial charge in [-0.05, 0) is 31.2 Å². The predicted molar refractivity (Wildman–Crippen MR) is 82.8 cm³/mol. The Labute approximate surface area is 130 Å². The van der Waals surface area contributed by atoms with Gasteiger partial charge < -0.3 is 15.4 Å². The van der Waals surface area contributed by atoms with Crippen molar-refractivity contribution in [3.8, 4) is 0 Å². The summed E-state index contributed by atoms with van der Waals surface area (Å²) in [5.74, 6) is -0.592. The van der Waals surface area contributed by atoms with Crippen molar-refractivity contribution in [2.45, 2.75) is 19.6 Å². The summed E-state index contributed by atoms with van der Waals surface area (Å²) in [5, 5.41) is 0. The van der Waals surface area contributed by atoms with E-state index in [-0.39, 0.29) is 24.4 Å². The molecule has 1 heterocycles. The zero-order valence-corrected chi connectivity index (χ0v) is 13.2. The molecule has 1 amide bonds. The first-order valence-electron chi connectivity index (χ1n) is 7.50. The summed E-state index contributed by atoms with van der Waals surface area (Å²) in [6.45, 7) is 5.52. The molecular formula is C16H24FN3O2. The van der Waals surface area contributed by atoms with Gasteiger partial charge in [0.1, 0.15) is 5.82 Å². The van der Waals surface area contributed by atoms with Crippen molar-refractivity contribution in [3.05, 3.63) is 35.1 Å². The minimum atomic E-state index is -0.372. The Bertz CT molecular complexity index is 524. The highest BCUT2D eigenvalue weighted by molar-refractivity contribution is 5.75. The van der Waals surface area contributed by atoms with Gasteiger partial charge in [0.15, 0.2) is 0 Å². The van der Waals surface area contributed by atoms with Crippen molar-refractivity contribution in [3.63, 3.8) is 0 Å². The first-order chi connectivity index (χ1) is 10.4. The smallest absolute Gasteiger partial charge is 0.231 e.